The van der Waals surface area contributed by atoms with Gasteiger partial charge in [-0.3, -0.25) is 13.9 Å². The summed E-state index contributed by atoms with van der Waals surface area (Å²) in [6.07, 6.45) is -1.15. The predicted octanol–water partition coefficient (Wildman–Crippen LogP) is -0.394. The summed E-state index contributed by atoms with van der Waals surface area (Å²) >= 11 is 6.05. The lowest BCUT2D eigenvalue weighted by Crippen LogP contribution is -2.24. The number of amides is 1. The van der Waals surface area contributed by atoms with Gasteiger partial charge in [-0.15, -0.1) is 5.10 Å². The van der Waals surface area contributed by atoms with Crippen LogP contribution in [0.2, 0.25) is 5.28 Å². The second-order valence-corrected chi connectivity index (χ2v) is 12.1. The molecule has 2 fully saturated rings. The van der Waals surface area contributed by atoms with E-state index in [2.05, 4.69) is 25.7 Å². The van der Waals surface area contributed by atoms with Gasteiger partial charge in [-0.25, -0.2) is 9.50 Å². The van der Waals surface area contributed by atoms with Crippen LogP contribution in [0.15, 0.2) is 6.20 Å². The number of aliphatic hydroxyl groups excluding tert-OH is 1. The second-order valence-electron chi connectivity index (χ2n) is 7.72. The molecule has 0 aliphatic carbocycles. The summed E-state index contributed by atoms with van der Waals surface area (Å²) in [7, 11) is -9.31. The number of fused-ring (bicyclic) bond motifs is 1. The Balaban J connectivity index is 1.49. The fourth-order valence-corrected chi connectivity index (χ4v) is 6.41. The Morgan fingerprint density at radius 2 is 2.12 bits per heavy atom. The van der Waals surface area contributed by atoms with Crippen LogP contribution in [-0.2, 0) is 23.2 Å². The van der Waals surface area contributed by atoms with E-state index in [0.29, 0.717) is 12.2 Å². The molecule has 0 saturated carbocycles. The topological polar surface area (TPSA) is 218 Å². The zero-order valence-electron chi connectivity index (χ0n) is 16.8. The van der Waals surface area contributed by atoms with Crippen LogP contribution >= 0.6 is 26.8 Å². The third-order valence-electron chi connectivity index (χ3n) is 4.99. The number of halogens is 1. The van der Waals surface area contributed by atoms with Crippen LogP contribution in [0, 0.1) is 0 Å². The van der Waals surface area contributed by atoms with Gasteiger partial charge in [-0.2, -0.15) is 4.98 Å². The number of rotatable bonds is 8. The molecular weight excluding hydrogens is 506 g/mol. The van der Waals surface area contributed by atoms with Gasteiger partial charge in [0.1, 0.15) is 6.10 Å². The molecule has 4 heterocycles. The Hall–Kier alpha value is -1.67. The van der Waals surface area contributed by atoms with Gasteiger partial charge >= 0.3 is 15.2 Å². The molecule has 1 unspecified atom stereocenters. The molecule has 2 saturated heterocycles. The molecule has 2 aliphatic rings. The van der Waals surface area contributed by atoms with Gasteiger partial charge in [-0.05, 0) is 11.6 Å². The molecule has 0 bridgehead atoms. The predicted molar refractivity (Wildman–Crippen MR) is 112 cm³/mol. The van der Waals surface area contributed by atoms with E-state index in [1.165, 1.54) is 10.7 Å². The fraction of sp³-hybridized carbons (Fsp3) is 0.600. The highest BCUT2D eigenvalue weighted by Gasteiger charge is 2.39. The monoisotopic (exact) mass is 526 g/mol. The van der Waals surface area contributed by atoms with Crippen molar-refractivity contribution in [1.82, 2.24) is 24.9 Å². The molecule has 0 aromatic carbocycles. The van der Waals surface area contributed by atoms with Crippen molar-refractivity contribution in [2.45, 2.75) is 37.2 Å². The average Bonchev–Trinajstić information content (AvgIpc) is 3.37. The molecule has 1 amide bonds. The lowest BCUT2D eigenvalue weighted by Gasteiger charge is -2.17. The maximum absolute atomic E-state index is 11.8. The molecule has 18 heteroatoms. The number of nitrogens with zero attached hydrogens (tertiary/aromatic N) is 4. The summed E-state index contributed by atoms with van der Waals surface area (Å²) in [4.78, 5) is 47.2. The van der Waals surface area contributed by atoms with Crippen LogP contribution in [0.4, 0.5) is 5.82 Å². The maximum Gasteiger partial charge on any atom is 0.340 e. The third kappa shape index (κ3) is 5.88. The van der Waals surface area contributed by atoms with Gasteiger partial charge in [0.2, 0.25) is 11.2 Å². The maximum atomic E-state index is 11.8. The Labute approximate surface area is 191 Å². The Kier molecular flexibility index (Phi) is 6.80. The van der Waals surface area contributed by atoms with Crippen LogP contribution in [-0.4, -0.2) is 82.6 Å². The number of anilines is 1. The molecular formula is C15H21ClN6O9P2. The average molecular weight is 527 g/mol. The molecule has 0 radical (unpaired) electrons. The molecule has 15 nitrogen and oxygen atoms in total. The minimum Gasteiger partial charge on any atom is -0.390 e. The minimum atomic E-state index is -4.76. The fourth-order valence-electron chi connectivity index (χ4n) is 3.66. The summed E-state index contributed by atoms with van der Waals surface area (Å²) in [5, 5.41) is 20.3. The van der Waals surface area contributed by atoms with E-state index in [-0.39, 0.29) is 41.5 Å². The second kappa shape index (κ2) is 9.17. The first kappa shape index (κ1) is 24.5. The van der Waals surface area contributed by atoms with Crippen LogP contribution in [0.5, 0.6) is 0 Å². The standard InChI is InChI=1S/C15H21ClN6O9P2/c16-15-20-13(19-7-1-11(24)17-3-7)14-18-4-9(22(14)21-15)12-10(23)2-8(31-12)5-30-33(28,29)6-32(25,26)27/h4,7-8,10,12,23H,1-3,5-6H2,(H,17,24)(H,28,29)(H,19,20,21)(H2,25,26,27)/t7-,8-,10+,12-/m0/s1. The summed E-state index contributed by atoms with van der Waals surface area (Å²) in [5.41, 5.74) is 0.612. The molecule has 2 aliphatic heterocycles. The van der Waals surface area contributed by atoms with Crippen LogP contribution in [0.25, 0.3) is 5.65 Å². The largest absolute Gasteiger partial charge is 0.390 e. The zero-order chi connectivity index (χ0) is 24.0. The number of carbonyl (C=O) groups is 1. The normalized spacial score (nSPS) is 27.6. The Morgan fingerprint density at radius 3 is 2.79 bits per heavy atom. The van der Waals surface area contributed by atoms with E-state index < -0.39 is 46.0 Å². The van der Waals surface area contributed by atoms with E-state index in [1.807, 2.05) is 0 Å². The van der Waals surface area contributed by atoms with E-state index in [4.69, 9.17) is 30.6 Å². The van der Waals surface area contributed by atoms with Crippen molar-refractivity contribution in [3.63, 3.8) is 0 Å². The first-order chi connectivity index (χ1) is 15.4. The first-order valence-electron chi connectivity index (χ1n) is 9.69. The van der Waals surface area contributed by atoms with Crippen molar-refractivity contribution in [2.24, 2.45) is 0 Å². The molecule has 6 N–H and O–H groups in total. The minimum absolute atomic E-state index is 0.0214. The van der Waals surface area contributed by atoms with Crippen molar-refractivity contribution >= 4 is 44.2 Å². The van der Waals surface area contributed by atoms with Gasteiger partial charge in [0, 0.05) is 19.4 Å². The molecule has 5 atom stereocenters. The lowest BCUT2D eigenvalue weighted by atomic mass is 10.1. The van der Waals surface area contributed by atoms with Crippen molar-refractivity contribution in [1.29, 1.82) is 0 Å². The number of hydrogen-bond acceptors (Lipinski definition) is 10. The smallest absolute Gasteiger partial charge is 0.340 e. The summed E-state index contributed by atoms with van der Waals surface area (Å²) in [5.74, 6) is -1.13. The number of aliphatic hydroxyl groups is 1. The van der Waals surface area contributed by atoms with Crippen molar-refractivity contribution in [3.8, 4) is 0 Å². The van der Waals surface area contributed by atoms with Crippen LogP contribution in [0.1, 0.15) is 24.6 Å². The molecule has 33 heavy (non-hydrogen) atoms. The summed E-state index contributed by atoms with van der Waals surface area (Å²) in [6.45, 7) is -0.0631. The van der Waals surface area contributed by atoms with Gasteiger partial charge in [0.15, 0.2) is 17.4 Å². The third-order valence-corrected chi connectivity index (χ3v) is 8.61. The molecule has 2 aromatic rings. The van der Waals surface area contributed by atoms with E-state index in [0.717, 1.165) is 0 Å². The quantitative estimate of drug-likeness (QED) is 0.242. The van der Waals surface area contributed by atoms with Gasteiger partial charge in [0.25, 0.3) is 0 Å². The highest BCUT2D eigenvalue weighted by molar-refractivity contribution is 7.70. The molecule has 2 aromatic heterocycles. The van der Waals surface area contributed by atoms with Gasteiger partial charge < -0.3 is 39.7 Å². The summed E-state index contributed by atoms with van der Waals surface area (Å²) < 4.78 is 34.7. The van der Waals surface area contributed by atoms with Gasteiger partial charge in [0.05, 0.1) is 36.7 Å². The molecule has 0 spiro atoms. The highest BCUT2D eigenvalue weighted by atomic mass is 35.5. The highest BCUT2D eigenvalue weighted by Crippen LogP contribution is 2.55. The number of nitrogens with one attached hydrogen (secondary N) is 2. The van der Waals surface area contributed by atoms with Gasteiger partial charge in [-0.1, -0.05) is 0 Å². The number of aromatic nitrogens is 4. The van der Waals surface area contributed by atoms with E-state index in [1.54, 1.807) is 0 Å². The van der Waals surface area contributed by atoms with E-state index >= 15 is 0 Å². The van der Waals surface area contributed by atoms with E-state index in [9.17, 15) is 23.9 Å². The Morgan fingerprint density at radius 1 is 1.36 bits per heavy atom. The lowest BCUT2D eigenvalue weighted by molar-refractivity contribution is -0.119. The number of ether oxygens (including phenoxy) is 1. The number of hydrogen-bond donors (Lipinski definition) is 6. The first-order valence-corrected chi connectivity index (χ1v) is 13.6. The Bertz CT molecular complexity index is 1160. The SMILES string of the molecule is O=C1C[C@H](Nc2nc(Cl)nn3c([C@@H]4O[C@H](COP(=O)(O)CP(=O)(O)O)C[C@H]4O)cnc23)CN1. The molecule has 4 rings (SSSR count). The summed E-state index contributed by atoms with van der Waals surface area (Å²) in [6, 6.07) is -0.218. The van der Waals surface area contributed by atoms with Crippen LogP contribution < -0.4 is 10.6 Å². The zero-order valence-corrected chi connectivity index (χ0v) is 19.4. The number of carbonyl (C=O) groups excluding carboxylic acids is 1. The van der Waals surface area contributed by atoms with Crippen molar-refractivity contribution < 1.29 is 43.0 Å². The number of imidazole rings is 1. The molecule has 182 valence electrons. The van der Waals surface area contributed by atoms with Crippen LogP contribution in [0.3, 0.4) is 0 Å². The van der Waals surface area contributed by atoms with Crippen molar-refractivity contribution in [3.05, 3.63) is 17.2 Å². The van der Waals surface area contributed by atoms with Crippen molar-refractivity contribution in [2.75, 3.05) is 24.4 Å².